The summed E-state index contributed by atoms with van der Waals surface area (Å²) < 4.78 is 35.3. The molecule has 9 heteroatoms. The van der Waals surface area contributed by atoms with E-state index in [-0.39, 0.29) is 21.9 Å². The van der Waals surface area contributed by atoms with E-state index in [1.807, 2.05) is 36.4 Å². The van der Waals surface area contributed by atoms with E-state index in [4.69, 9.17) is 8.92 Å². The Bertz CT molecular complexity index is 1470. The average Bonchev–Trinajstić information content (AvgIpc) is 2.84. The second kappa shape index (κ2) is 9.63. The first-order valence-electron chi connectivity index (χ1n) is 10.1. The van der Waals surface area contributed by atoms with Crippen molar-refractivity contribution in [3.8, 4) is 5.75 Å². The first kappa shape index (κ1) is 22.8. The van der Waals surface area contributed by atoms with Crippen LogP contribution in [-0.4, -0.2) is 27.5 Å². The standard InChI is InChI=1S/C25H20N2O6S/c1-32-24(28)22-14-13-20(16-23(22)33-34(30,31)21-9-3-2-4-10-21)27-25(29)26-19-12-11-17-7-5-6-8-18(17)15-19/h2-16H,1H3,(H2,26,27,29). The summed E-state index contributed by atoms with van der Waals surface area (Å²) in [6.07, 6.45) is 0. The summed E-state index contributed by atoms with van der Waals surface area (Å²) in [5, 5.41) is 7.33. The predicted octanol–water partition coefficient (Wildman–Crippen LogP) is 5.04. The van der Waals surface area contributed by atoms with Crippen LogP contribution in [0.4, 0.5) is 16.2 Å². The van der Waals surface area contributed by atoms with Crippen molar-refractivity contribution < 1.29 is 26.9 Å². The van der Waals surface area contributed by atoms with Crippen molar-refractivity contribution in [1.82, 2.24) is 0 Å². The van der Waals surface area contributed by atoms with Gasteiger partial charge in [0.15, 0.2) is 5.75 Å². The molecule has 0 saturated heterocycles. The first-order chi connectivity index (χ1) is 16.4. The van der Waals surface area contributed by atoms with E-state index in [1.165, 1.54) is 37.4 Å². The van der Waals surface area contributed by atoms with Gasteiger partial charge in [-0.15, -0.1) is 0 Å². The van der Waals surface area contributed by atoms with Crippen LogP contribution in [0, 0.1) is 0 Å². The van der Waals surface area contributed by atoms with Gasteiger partial charge in [-0.3, -0.25) is 0 Å². The summed E-state index contributed by atoms with van der Waals surface area (Å²) in [5.41, 5.74) is 0.678. The number of benzene rings is 4. The number of amides is 2. The molecule has 8 nitrogen and oxygen atoms in total. The number of hydrogen-bond donors (Lipinski definition) is 2. The minimum atomic E-state index is -4.23. The second-order valence-corrected chi connectivity index (χ2v) is 8.74. The third-order valence-corrected chi connectivity index (χ3v) is 6.13. The van der Waals surface area contributed by atoms with Crippen LogP contribution in [-0.2, 0) is 14.9 Å². The first-order valence-corrected chi connectivity index (χ1v) is 11.6. The third-order valence-electron chi connectivity index (χ3n) is 4.88. The van der Waals surface area contributed by atoms with Crippen molar-refractivity contribution in [3.05, 3.63) is 96.6 Å². The molecule has 0 radical (unpaired) electrons. The van der Waals surface area contributed by atoms with Gasteiger partial charge in [-0.25, -0.2) is 9.59 Å². The Kier molecular flexibility index (Phi) is 6.46. The Morgan fingerprint density at radius 1 is 0.735 bits per heavy atom. The Morgan fingerprint density at radius 3 is 2.06 bits per heavy atom. The molecule has 4 aromatic rings. The zero-order valence-corrected chi connectivity index (χ0v) is 18.8. The topological polar surface area (TPSA) is 111 Å². The highest BCUT2D eigenvalue weighted by atomic mass is 32.2. The Morgan fingerprint density at radius 2 is 1.35 bits per heavy atom. The molecule has 0 aliphatic rings. The molecule has 34 heavy (non-hydrogen) atoms. The number of ether oxygens (including phenoxy) is 1. The van der Waals surface area contributed by atoms with Gasteiger partial charge >= 0.3 is 22.1 Å². The molecule has 4 aromatic carbocycles. The van der Waals surface area contributed by atoms with Crippen LogP contribution in [0.5, 0.6) is 5.75 Å². The highest BCUT2D eigenvalue weighted by molar-refractivity contribution is 7.87. The lowest BCUT2D eigenvalue weighted by Crippen LogP contribution is -2.20. The van der Waals surface area contributed by atoms with Crippen molar-refractivity contribution in [1.29, 1.82) is 0 Å². The Balaban J connectivity index is 1.57. The molecule has 0 atom stereocenters. The molecule has 0 saturated carbocycles. The van der Waals surface area contributed by atoms with Gasteiger partial charge < -0.3 is 19.6 Å². The molecule has 0 aliphatic carbocycles. The van der Waals surface area contributed by atoms with E-state index in [0.29, 0.717) is 5.69 Å². The third kappa shape index (κ3) is 5.16. The fraction of sp³-hybridized carbons (Fsp3) is 0.0400. The van der Waals surface area contributed by atoms with E-state index >= 15 is 0 Å². The number of hydrogen-bond acceptors (Lipinski definition) is 6. The molecule has 0 heterocycles. The minimum absolute atomic E-state index is 0.0850. The molecule has 0 aromatic heterocycles. The Hall–Kier alpha value is -4.37. The van der Waals surface area contributed by atoms with Crippen LogP contribution in [0.1, 0.15) is 10.4 Å². The van der Waals surface area contributed by atoms with E-state index in [2.05, 4.69) is 10.6 Å². The van der Waals surface area contributed by atoms with Gasteiger partial charge in [0.05, 0.1) is 7.11 Å². The van der Waals surface area contributed by atoms with Gasteiger partial charge in [-0.1, -0.05) is 48.5 Å². The highest BCUT2D eigenvalue weighted by Gasteiger charge is 2.22. The summed E-state index contributed by atoms with van der Waals surface area (Å²) in [6.45, 7) is 0. The average molecular weight is 477 g/mol. The maximum Gasteiger partial charge on any atom is 0.341 e. The number of anilines is 2. The van der Waals surface area contributed by atoms with E-state index in [9.17, 15) is 18.0 Å². The van der Waals surface area contributed by atoms with Crippen molar-refractivity contribution in [3.63, 3.8) is 0 Å². The number of esters is 1. The van der Waals surface area contributed by atoms with Crippen LogP contribution < -0.4 is 14.8 Å². The SMILES string of the molecule is COC(=O)c1ccc(NC(=O)Nc2ccc3ccccc3c2)cc1OS(=O)(=O)c1ccccc1. The fourth-order valence-electron chi connectivity index (χ4n) is 3.26. The fourth-order valence-corrected chi connectivity index (χ4v) is 4.22. The lowest BCUT2D eigenvalue weighted by atomic mass is 10.1. The molecule has 2 amide bonds. The number of nitrogens with one attached hydrogen (secondary N) is 2. The summed E-state index contributed by atoms with van der Waals surface area (Å²) >= 11 is 0. The smallest absolute Gasteiger partial charge is 0.341 e. The van der Waals surface area contributed by atoms with Crippen molar-refractivity contribution in [2.75, 3.05) is 17.7 Å². The van der Waals surface area contributed by atoms with Gasteiger partial charge in [0, 0.05) is 17.4 Å². The zero-order valence-electron chi connectivity index (χ0n) is 18.0. The number of fused-ring (bicyclic) bond motifs is 1. The maximum atomic E-state index is 12.7. The quantitative estimate of drug-likeness (QED) is 0.298. The molecule has 0 aliphatic heterocycles. The van der Waals surface area contributed by atoms with Crippen LogP contribution in [0.15, 0.2) is 95.9 Å². The van der Waals surface area contributed by atoms with E-state index in [0.717, 1.165) is 10.8 Å². The van der Waals surface area contributed by atoms with Gasteiger partial charge in [-0.05, 0) is 47.2 Å². The van der Waals surface area contributed by atoms with Crippen molar-refractivity contribution in [2.24, 2.45) is 0 Å². The van der Waals surface area contributed by atoms with Crippen LogP contribution >= 0.6 is 0 Å². The summed E-state index contributed by atoms with van der Waals surface area (Å²) in [5.74, 6) is -1.07. The number of carbonyl (C=O) groups is 2. The number of methoxy groups -OCH3 is 1. The molecular formula is C25H20N2O6S. The molecule has 172 valence electrons. The lowest BCUT2D eigenvalue weighted by molar-refractivity contribution is 0.0599. The lowest BCUT2D eigenvalue weighted by Gasteiger charge is -2.13. The molecule has 0 unspecified atom stereocenters. The van der Waals surface area contributed by atoms with Crippen LogP contribution in [0.25, 0.3) is 10.8 Å². The summed E-state index contributed by atoms with van der Waals surface area (Å²) in [7, 11) is -3.06. The molecular weight excluding hydrogens is 456 g/mol. The van der Waals surface area contributed by atoms with Crippen LogP contribution in [0.3, 0.4) is 0 Å². The maximum absolute atomic E-state index is 12.7. The van der Waals surface area contributed by atoms with Gasteiger partial charge in [0.25, 0.3) is 0 Å². The molecule has 0 spiro atoms. The van der Waals surface area contributed by atoms with E-state index in [1.54, 1.807) is 24.3 Å². The molecule has 4 rings (SSSR count). The number of carbonyl (C=O) groups excluding carboxylic acids is 2. The minimum Gasteiger partial charge on any atom is -0.465 e. The van der Waals surface area contributed by atoms with Gasteiger partial charge in [-0.2, -0.15) is 8.42 Å². The van der Waals surface area contributed by atoms with Gasteiger partial charge in [0.1, 0.15) is 10.5 Å². The van der Waals surface area contributed by atoms with Crippen LogP contribution in [0.2, 0.25) is 0 Å². The monoisotopic (exact) mass is 476 g/mol. The predicted molar refractivity (Wildman–Crippen MR) is 129 cm³/mol. The highest BCUT2D eigenvalue weighted by Crippen LogP contribution is 2.28. The number of rotatable bonds is 6. The number of urea groups is 1. The molecule has 0 bridgehead atoms. The normalized spacial score (nSPS) is 11.0. The largest absolute Gasteiger partial charge is 0.465 e. The second-order valence-electron chi connectivity index (χ2n) is 7.19. The molecule has 2 N–H and O–H groups in total. The van der Waals surface area contributed by atoms with E-state index < -0.39 is 22.1 Å². The Labute approximate surface area is 196 Å². The zero-order chi connectivity index (χ0) is 24.1. The molecule has 0 fully saturated rings. The summed E-state index contributed by atoms with van der Waals surface area (Å²) in [4.78, 5) is 24.6. The van der Waals surface area contributed by atoms with Gasteiger partial charge in [0.2, 0.25) is 0 Å². The summed E-state index contributed by atoms with van der Waals surface area (Å²) in [6, 6.07) is 24.1. The van der Waals surface area contributed by atoms with Crippen molar-refractivity contribution in [2.45, 2.75) is 4.90 Å². The van der Waals surface area contributed by atoms with Crippen molar-refractivity contribution >= 4 is 44.3 Å².